The Morgan fingerprint density at radius 1 is 1.26 bits per heavy atom. The minimum atomic E-state index is 0.140. The third-order valence-electron chi connectivity index (χ3n) is 5.04. The Bertz CT molecular complexity index is 601. The van der Waals surface area contributed by atoms with Gasteiger partial charge in [0.25, 0.3) is 0 Å². The summed E-state index contributed by atoms with van der Waals surface area (Å²) in [5.74, 6) is 0.832. The highest BCUT2D eigenvalue weighted by Gasteiger charge is 2.24. The molecule has 2 atom stereocenters. The summed E-state index contributed by atoms with van der Waals surface area (Å²) < 4.78 is 11.2. The molecule has 0 bridgehead atoms. The van der Waals surface area contributed by atoms with Crippen molar-refractivity contribution in [3.05, 3.63) is 34.9 Å². The molecule has 7 heteroatoms. The van der Waals surface area contributed by atoms with Crippen LogP contribution in [-0.4, -0.2) is 69.5 Å². The highest BCUT2D eigenvalue weighted by Crippen LogP contribution is 2.28. The predicted octanol–water partition coefficient (Wildman–Crippen LogP) is 2.45. The van der Waals surface area contributed by atoms with E-state index in [1.54, 1.807) is 0 Å². The molecule has 0 saturated carbocycles. The molecule has 6 nitrogen and oxygen atoms in total. The summed E-state index contributed by atoms with van der Waals surface area (Å²) in [4.78, 5) is 7.28. The average molecular weight is 395 g/mol. The van der Waals surface area contributed by atoms with Gasteiger partial charge in [-0.2, -0.15) is 0 Å². The number of hydrogen-bond acceptors (Lipinski definition) is 4. The van der Waals surface area contributed by atoms with E-state index in [1.807, 2.05) is 18.2 Å². The molecule has 150 valence electrons. The second kappa shape index (κ2) is 10.9. The van der Waals surface area contributed by atoms with Gasteiger partial charge in [0.2, 0.25) is 0 Å². The molecule has 1 aromatic carbocycles. The first-order valence-electron chi connectivity index (χ1n) is 9.98. The third-order valence-corrected chi connectivity index (χ3v) is 5.38. The Balaban J connectivity index is 1.70. The molecule has 27 heavy (non-hydrogen) atoms. The average Bonchev–Trinajstić information content (AvgIpc) is 3.22. The third kappa shape index (κ3) is 6.07. The van der Waals surface area contributed by atoms with Crippen molar-refractivity contribution in [3.8, 4) is 0 Å². The van der Waals surface area contributed by atoms with Crippen LogP contribution in [0.4, 0.5) is 0 Å². The molecule has 2 aliphatic rings. The summed E-state index contributed by atoms with van der Waals surface area (Å²) in [7, 11) is 0. The van der Waals surface area contributed by atoms with Gasteiger partial charge in [0, 0.05) is 37.8 Å². The zero-order chi connectivity index (χ0) is 18.9. The van der Waals surface area contributed by atoms with Crippen molar-refractivity contribution in [2.75, 3.05) is 52.5 Å². The van der Waals surface area contributed by atoms with E-state index in [9.17, 15) is 0 Å². The summed E-state index contributed by atoms with van der Waals surface area (Å²) >= 11 is 6.51. The van der Waals surface area contributed by atoms with E-state index < -0.39 is 0 Å². The summed E-state index contributed by atoms with van der Waals surface area (Å²) in [5, 5.41) is 7.56. The Kier molecular flexibility index (Phi) is 8.20. The maximum Gasteiger partial charge on any atom is 0.191 e. The zero-order valence-corrected chi connectivity index (χ0v) is 16.9. The summed E-state index contributed by atoms with van der Waals surface area (Å²) in [6.45, 7) is 8.50. The molecule has 2 heterocycles. The van der Waals surface area contributed by atoms with E-state index in [0.717, 1.165) is 75.4 Å². The minimum absolute atomic E-state index is 0.140. The fourth-order valence-electron chi connectivity index (χ4n) is 3.58. The van der Waals surface area contributed by atoms with Crippen molar-refractivity contribution in [1.82, 2.24) is 15.5 Å². The van der Waals surface area contributed by atoms with E-state index in [1.165, 1.54) is 0 Å². The normalized spacial score (nSPS) is 22.6. The molecule has 0 radical (unpaired) electrons. The van der Waals surface area contributed by atoms with Crippen molar-refractivity contribution < 1.29 is 9.47 Å². The van der Waals surface area contributed by atoms with Gasteiger partial charge >= 0.3 is 0 Å². The lowest BCUT2D eigenvalue weighted by molar-refractivity contribution is 0.0180. The Hall–Kier alpha value is -1.34. The van der Waals surface area contributed by atoms with Gasteiger partial charge in [-0.15, -0.1) is 0 Å². The van der Waals surface area contributed by atoms with Gasteiger partial charge in [-0.25, -0.2) is 0 Å². The maximum absolute atomic E-state index is 6.51. The Morgan fingerprint density at radius 2 is 2.07 bits per heavy atom. The number of aliphatic imine (C=N–C) groups is 1. The fourth-order valence-corrected chi connectivity index (χ4v) is 3.84. The minimum Gasteiger partial charge on any atom is -0.379 e. The van der Waals surface area contributed by atoms with Gasteiger partial charge in [0.15, 0.2) is 5.96 Å². The van der Waals surface area contributed by atoms with Crippen LogP contribution in [0, 0.1) is 0 Å². The van der Waals surface area contributed by atoms with Gasteiger partial charge in [0.05, 0.1) is 31.9 Å². The number of morpholine rings is 1. The van der Waals surface area contributed by atoms with Crippen LogP contribution in [-0.2, 0) is 9.47 Å². The zero-order valence-electron chi connectivity index (χ0n) is 16.1. The van der Waals surface area contributed by atoms with Crippen LogP contribution < -0.4 is 10.6 Å². The molecule has 0 spiro atoms. The molecule has 1 aromatic rings. The Labute approximate surface area is 167 Å². The topological polar surface area (TPSA) is 58.1 Å². The number of hydrogen-bond donors (Lipinski definition) is 2. The lowest BCUT2D eigenvalue weighted by Crippen LogP contribution is -2.43. The molecular weight excluding hydrogens is 364 g/mol. The SMILES string of the molecule is CCNC(=NCC(c1ccccc1Cl)N1CCOCC1)NCC1CCCO1. The smallest absolute Gasteiger partial charge is 0.191 e. The number of nitrogens with one attached hydrogen (secondary N) is 2. The van der Waals surface area contributed by atoms with Crippen molar-refractivity contribution >= 4 is 17.6 Å². The van der Waals surface area contributed by atoms with E-state index >= 15 is 0 Å². The lowest BCUT2D eigenvalue weighted by Gasteiger charge is -2.34. The standard InChI is InChI=1S/C20H31ClN4O2/c1-2-22-20(23-14-16-6-5-11-27-16)24-15-19(25-9-12-26-13-10-25)17-7-3-4-8-18(17)21/h3-4,7-8,16,19H,2,5-6,9-15H2,1H3,(H2,22,23,24). The summed E-state index contributed by atoms with van der Waals surface area (Å²) in [6.07, 6.45) is 2.54. The molecule has 2 fully saturated rings. The van der Waals surface area contributed by atoms with E-state index in [2.05, 4.69) is 28.5 Å². The van der Waals surface area contributed by atoms with Gasteiger partial charge in [-0.3, -0.25) is 9.89 Å². The first-order valence-corrected chi connectivity index (χ1v) is 10.4. The molecule has 0 aliphatic carbocycles. The maximum atomic E-state index is 6.51. The van der Waals surface area contributed by atoms with Gasteiger partial charge in [-0.05, 0) is 31.4 Å². The van der Waals surface area contributed by atoms with E-state index in [-0.39, 0.29) is 12.1 Å². The molecular formula is C20H31ClN4O2. The summed E-state index contributed by atoms with van der Waals surface area (Å²) in [6, 6.07) is 8.21. The lowest BCUT2D eigenvalue weighted by atomic mass is 10.0. The van der Waals surface area contributed by atoms with Crippen LogP contribution in [0.25, 0.3) is 0 Å². The number of rotatable bonds is 7. The van der Waals surface area contributed by atoms with Crippen molar-refractivity contribution in [2.24, 2.45) is 4.99 Å². The van der Waals surface area contributed by atoms with Crippen molar-refractivity contribution in [3.63, 3.8) is 0 Å². The van der Waals surface area contributed by atoms with Crippen LogP contribution >= 0.6 is 11.6 Å². The molecule has 2 unspecified atom stereocenters. The first-order chi connectivity index (χ1) is 13.3. The number of ether oxygens (including phenoxy) is 2. The number of benzene rings is 1. The van der Waals surface area contributed by atoms with Gasteiger partial charge < -0.3 is 20.1 Å². The molecule has 3 rings (SSSR count). The summed E-state index contributed by atoms with van der Waals surface area (Å²) in [5.41, 5.74) is 1.12. The fraction of sp³-hybridized carbons (Fsp3) is 0.650. The molecule has 0 aromatic heterocycles. The highest BCUT2D eigenvalue weighted by atomic mass is 35.5. The second-order valence-corrected chi connectivity index (χ2v) is 7.33. The first kappa shape index (κ1) is 20.4. The van der Waals surface area contributed by atoms with Crippen LogP contribution in [0.5, 0.6) is 0 Å². The highest BCUT2D eigenvalue weighted by molar-refractivity contribution is 6.31. The van der Waals surface area contributed by atoms with Crippen molar-refractivity contribution in [2.45, 2.75) is 31.9 Å². The van der Waals surface area contributed by atoms with Crippen molar-refractivity contribution in [1.29, 1.82) is 0 Å². The van der Waals surface area contributed by atoms with Crippen LogP contribution in [0.15, 0.2) is 29.3 Å². The second-order valence-electron chi connectivity index (χ2n) is 6.92. The van der Waals surface area contributed by atoms with Gasteiger partial charge in [-0.1, -0.05) is 29.8 Å². The number of guanidine groups is 1. The van der Waals surface area contributed by atoms with Gasteiger partial charge in [0.1, 0.15) is 0 Å². The van der Waals surface area contributed by atoms with Crippen LogP contribution in [0.3, 0.4) is 0 Å². The molecule has 0 amide bonds. The van der Waals surface area contributed by atoms with E-state index in [0.29, 0.717) is 6.54 Å². The monoisotopic (exact) mass is 394 g/mol. The molecule has 2 saturated heterocycles. The number of halogens is 1. The van der Waals surface area contributed by atoms with Crippen LogP contribution in [0.1, 0.15) is 31.4 Å². The Morgan fingerprint density at radius 3 is 2.78 bits per heavy atom. The molecule has 2 aliphatic heterocycles. The largest absolute Gasteiger partial charge is 0.379 e. The van der Waals surface area contributed by atoms with E-state index in [4.69, 9.17) is 26.1 Å². The molecule has 2 N–H and O–H groups in total. The number of nitrogens with zero attached hydrogens (tertiary/aromatic N) is 2. The quantitative estimate of drug-likeness (QED) is 0.549. The predicted molar refractivity (Wildman–Crippen MR) is 110 cm³/mol. The van der Waals surface area contributed by atoms with Crippen LogP contribution in [0.2, 0.25) is 5.02 Å².